The smallest absolute Gasteiger partial charge is 0.227 e. The summed E-state index contributed by atoms with van der Waals surface area (Å²) in [7, 11) is 1.88. The highest BCUT2D eigenvalue weighted by Crippen LogP contribution is 2.28. The first-order valence-electron chi connectivity index (χ1n) is 7.23. The minimum absolute atomic E-state index is 0.254. The minimum atomic E-state index is 0.254. The van der Waals surface area contributed by atoms with Gasteiger partial charge in [0.05, 0.1) is 12.6 Å². The van der Waals surface area contributed by atoms with E-state index in [0.29, 0.717) is 18.5 Å². The average Bonchev–Trinajstić information content (AvgIpc) is 2.93. The molecule has 5 nitrogen and oxygen atoms in total. The van der Waals surface area contributed by atoms with Crippen molar-refractivity contribution in [3.63, 3.8) is 0 Å². The number of carbonyl (C=O) groups excluding carboxylic acids is 1. The van der Waals surface area contributed by atoms with Gasteiger partial charge in [-0.2, -0.15) is 5.10 Å². The van der Waals surface area contributed by atoms with Crippen molar-refractivity contribution >= 4 is 5.91 Å². The summed E-state index contributed by atoms with van der Waals surface area (Å²) >= 11 is 0. The van der Waals surface area contributed by atoms with Crippen LogP contribution in [0.25, 0.3) is 0 Å². The molecule has 2 fully saturated rings. The molecule has 1 N–H and O–H groups in total. The summed E-state index contributed by atoms with van der Waals surface area (Å²) in [6.45, 7) is 1.98. The molecule has 19 heavy (non-hydrogen) atoms. The molecular formula is C14H22N4O. The fraction of sp³-hybridized carbons (Fsp3) is 0.714. The van der Waals surface area contributed by atoms with Gasteiger partial charge in [-0.25, -0.2) is 0 Å². The quantitative estimate of drug-likeness (QED) is 0.850. The van der Waals surface area contributed by atoms with Gasteiger partial charge in [0.25, 0.3) is 0 Å². The molecule has 1 aliphatic carbocycles. The predicted molar refractivity (Wildman–Crippen MR) is 72.7 cm³/mol. The number of carbonyl (C=O) groups is 1. The van der Waals surface area contributed by atoms with E-state index in [1.165, 1.54) is 25.7 Å². The van der Waals surface area contributed by atoms with Crippen molar-refractivity contribution in [1.29, 1.82) is 0 Å². The van der Waals surface area contributed by atoms with E-state index in [1.54, 1.807) is 10.9 Å². The largest absolute Gasteiger partial charge is 0.338 e. The zero-order chi connectivity index (χ0) is 13.2. The highest BCUT2D eigenvalue weighted by molar-refractivity contribution is 5.79. The maximum atomic E-state index is 12.5. The Morgan fingerprint density at radius 1 is 1.53 bits per heavy atom. The zero-order valence-corrected chi connectivity index (χ0v) is 11.5. The van der Waals surface area contributed by atoms with Crippen LogP contribution in [0.1, 0.15) is 31.2 Å². The van der Waals surface area contributed by atoms with E-state index in [0.717, 1.165) is 18.7 Å². The van der Waals surface area contributed by atoms with E-state index in [4.69, 9.17) is 0 Å². The van der Waals surface area contributed by atoms with E-state index in [2.05, 4.69) is 15.3 Å². The van der Waals surface area contributed by atoms with Gasteiger partial charge in [0.15, 0.2) is 0 Å². The highest BCUT2D eigenvalue weighted by Gasteiger charge is 2.34. The molecule has 1 saturated carbocycles. The minimum Gasteiger partial charge on any atom is -0.338 e. The molecule has 1 aromatic rings. The van der Waals surface area contributed by atoms with Crippen LogP contribution < -0.4 is 5.32 Å². The van der Waals surface area contributed by atoms with E-state index in [-0.39, 0.29) is 5.91 Å². The molecule has 0 spiro atoms. The number of hydrogen-bond donors (Lipinski definition) is 1. The molecule has 2 aliphatic rings. The Morgan fingerprint density at radius 3 is 2.95 bits per heavy atom. The first-order chi connectivity index (χ1) is 9.22. The summed E-state index contributed by atoms with van der Waals surface area (Å²) in [5.74, 6) is 0.254. The molecule has 1 saturated heterocycles. The van der Waals surface area contributed by atoms with E-state index in [9.17, 15) is 4.79 Å². The van der Waals surface area contributed by atoms with E-state index in [1.807, 2.05) is 13.2 Å². The van der Waals surface area contributed by atoms with Gasteiger partial charge in [0.1, 0.15) is 0 Å². The second kappa shape index (κ2) is 5.33. The number of rotatable bonds is 5. The molecule has 3 rings (SSSR count). The fourth-order valence-corrected chi connectivity index (χ4v) is 2.83. The third-order valence-electron chi connectivity index (χ3n) is 4.00. The van der Waals surface area contributed by atoms with Crippen molar-refractivity contribution in [2.45, 2.75) is 44.2 Å². The SMILES string of the molecule is Cn1cc(CC(=O)N(C[C@H]2CCCN2)C2CC2)cn1. The van der Waals surface area contributed by atoms with Gasteiger partial charge in [-0.1, -0.05) is 0 Å². The molecule has 0 aromatic carbocycles. The third-order valence-corrected chi connectivity index (χ3v) is 4.00. The Balaban J connectivity index is 1.60. The van der Waals surface area contributed by atoms with Crippen molar-refractivity contribution in [2.75, 3.05) is 13.1 Å². The van der Waals surface area contributed by atoms with Crippen LogP contribution in [0.4, 0.5) is 0 Å². The van der Waals surface area contributed by atoms with Gasteiger partial charge in [0, 0.05) is 31.9 Å². The summed E-state index contributed by atoms with van der Waals surface area (Å²) in [4.78, 5) is 14.5. The lowest BCUT2D eigenvalue weighted by Gasteiger charge is -2.25. The Labute approximate surface area is 114 Å². The molecule has 2 heterocycles. The lowest BCUT2D eigenvalue weighted by molar-refractivity contribution is -0.131. The van der Waals surface area contributed by atoms with Crippen LogP contribution in [-0.2, 0) is 18.3 Å². The second-order valence-electron chi connectivity index (χ2n) is 5.77. The number of hydrogen-bond acceptors (Lipinski definition) is 3. The lowest BCUT2D eigenvalue weighted by Crippen LogP contribution is -2.43. The van der Waals surface area contributed by atoms with E-state index < -0.39 is 0 Å². The second-order valence-corrected chi connectivity index (χ2v) is 5.77. The Kier molecular flexibility index (Phi) is 3.55. The van der Waals surface area contributed by atoms with Crippen molar-refractivity contribution in [2.24, 2.45) is 7.05 Å². The monoisotopic (exact) mass is 262 g/mol. The molecule has 0 radical (unpaired) electrons. The van der Waals surface area contributed by atoms with E-state index >= 15 is 0 Å². The Hall–Kier alpha value is -1.36. The first kappa shape index (κ1) is 12.7. The number of aryl methyl sites for hydroxylation is 1. The van der Waals surface area contributed by atoms with Crippen LogP contribution in [0.2, 0.25) is 0 Å². The lowest BCUT2D eigenvalue weighted by atomic mass is 10.2. The standard InChI is InChI=1S/C14H22N4O/c1-17-9-11(8-16-17)7-14(19)18(13-4-5-13)10-12-3-2-6-15-12/h8-9,12-13,15H,2-7,10H2,1H3/t12-/m1/s1. The van der Waals surface area contributed by atoms with Crippen molar-refractivity contribution in [3.05, 3.63) is 18.0 Å². The van der Waals surface area contributed by atoms with Gasteiger partial charge in [0.2, 0.25) is 5.91 Å². The van der Waals surface area contributed by atoms with Crippen molar-refractivity contribution in [1.82, 2.24) is 20.0 Å². The molecule has 0 unspecified atom stereocenters. The summed E-state index contributed by atoms with van der Waals surface area (Å²) in [5, 5.41) is 7.61. The molecule has 0 bridgehead atoms. The normalized spacial score (nSPS) is 22.7. The van der Waals surface area contributed by atoms with Crippen LogP contribution in [0.3, 0.4) is 0 Å². The predicted octanol–water partition coefficient (Wildman–Crippen LogP) is 0.706. The maximum Gasteiger partial charge on any atom is 0.227 e. The molecule has 104 valence electrons. The van der Waals surface area contributed by atoms with Gasteiger partial charge < -0.3 is 10.2 Å². The molecule has 1 atom stereocenters. The highest BCUT2D eigenvalue weighted by atomic mass is 16.2. The summed E-state index contributed by atoms with van der Waals surface area (Å²) in [6.07, 6.45) is 8.98. The van der Waals surface area contributed by atoms with Crippen LogP contribution in [0, 0.1) is 0 Å². The molecule has 1 aromatic heterocycles. The average molecular weight is 262 g/mol. The van der Waals surface area contributed by atoms with Crippen molar-refractivity contribution < 1.29 is 4.79 Å². The topological polar surface area (TPSA) is 50.2 Å². The third kappa shape index (κ3) is 3.15. The molecule has 5 heteroatoms. The Morgan fingerprint density at radius 2 is 2.37 bits per heavy atom. The summed E-state index contributed by atoms with van der Waals surface area (Å²) in [6, 6.07) is 0.991. The zero-order valence-electron chi connectivity index (χ0n) is 11.5. The molecule has 1 amide bonds. The fourth-order valence-electron chi connectivity index (χ4n) is 2.83. The van der Waals surface area contributed by atoms with Gasteiger partial charge in [-0.05, 0) is 37.8 Å². The number of aromatic nitrogens is 2. The van der Waals surface area contributed by atoms with Crippen LogP contribution in [0.15, 0.2) is 12.4 Å². The van der Waals surface area contributed by atoms with Crippen LogP contribution in [-0.4, -0.2) is 45.8 Å². The van der Waals surface area contributed by atoms with Gasteiger partial charge in [-0.3, -0.25) is 9.48 Å². The van der Waals surface area contributed by atoms with Crippen molar-refractivity contribution in [3.8, 4) is 0 Å². The summed E-state index contributed by atoms with van der Waals surface area (Å²) < 4.78 is 1.75. The van der Waals surface area contributed by atoms with Gasteiger partial charge in [-0.15, -0.1) is 0 Å². The number of amides is 1. The molecular weight excluding hydrogens is 240 g/mol. The Bertz CT molecular complexity index is 446. The first-order valence-corrected chi connectivity index (χ1v) is 7.23. The molecule has 1 aliphatic heterocycles. The summed E-state index contributed by atoms with van der Waals surface area (Å²) in [5.41, 5.74) is 1.01. The number of nitrogens with zero attached hydrogens (tertiary/aromatic N) is 3. The van der Waals surface area contributed by atoms with Crippen LogP contribution >= 0.6 is 0 Å². The maximum absolute atomic E-state index is 12.5. The van der Waals surface area contributed by atoms with Crippen LogP contribution in [0.5, 0.6) is 0 Å². The van der Waals surface area contributed by atoms with Gasteiger partial charge >= 0.3 is 0 Å². The number of nitrogens with one attached hydrogen (secondary N) is 1.